The van der Waals surface area contributed by atoms with Crippen molar-refractivity contribution in [1.82, 2.24) is 9.88 Å². The molecule has 0 saturated heterocycles. The molecule has 5 nitrogen and oxygen atoms in total. The highest BCUT2D eigenvalue weighted by Crippen LogP contribution is 2.25. The second-order valence-corrected chi connectivity index (χ2v) is 6.60. The van der Waals surface area contributed by atoms with Crippen LogP contribution in [0.1, 0.15) is 16.8 Å². The van der Waals surface area contributed by atoms with Crippen molar-refractivity contribution in [3.63, 3.8) is 0 Å². The van der Waals surface area contributed by atoms with E-state index in [1.807, 2.05) is 66.7 Å². The lowest BCUT2D eigenvalue weighted by Crippen LogP contribution is -2.31. The Balaban J connectivity index is 1.77. The SMILES string of the molecule is O=C(O)N(CCc1ccccn1)Cc1ccccc1-c1ccc(CCO)cc1. The van der Waals surface area contributed by atoms with Gasteiger partial charge in [0.05, 0.1) is 0 Å². The number of pyridine rings is 1. The van der Waals surface area contributed by atoms with E-state index in [2.05, 4.69) is 4.98 Å². The van der Waals surface area contributed by atoms with Crippen LogP contribution in [0.25, 0.3) is 11.1 Å². The van der Waals surface area contributed by atoms with Gasteiger partial charge in [0, 0.05) is 38.0 Å². The number of hydrogen-bond donors (Lipinski definition) is 2. The smallest absolute Gasteiger partial charge is 0.407 e. The van der Waals surface area contributed by atoms with Gasteiger partial charge in [-0.3, -0.25) is 4.98 Å². The number of aromatic nitrogens is 1. The highest BCUT2D eigenvalue weighted by atomic mass is 16.4. The van der Waals surface area contributed by atoms with Crippen LogP contribution in [-0.4, -0.2) is 39.3 Å². The summed E-state index contributed by atoms with van der Waals surface area (Å²) in [6.45, 7) is 0.826. The van der Waals surface area contributed by atoms with Crippen molar-refractivity contribution < 1.29 is 15.0 Å². The number of aliphatic hydroxyl groups excluding tert-OH is 1. The van der Waals surface area contributed by atoms with Gasteiger partial charge in [-0.15, -0.1) is 0 Å². The highest BCUT2D eigenvalue weighted by molar-refractivity contribution is 5.69. The largest absolute Gasteiger partial charge is 0.465 e. The molecule has 1 amide bonds. The number of nitrogens with zero attached hydrogens (tertiary/aromatic N) is 2. The van der Waals surface area contributed by atoms with Crippen molar-refractivity contribution in [2.45, 2.75) is 19.4 Å². The average Bonchev–Trinajstić information content (AvgIpc) is 2.73. The summed E-state index contributed by atoms with van der Waals surface area (Å²) in [7, 11) is 0. The quantitative estimate of drug-likeness (QED) is 0.623. The Labute approximate surface area is 164 Å². The van der Waals surface area contributed by atoms with E-state index in [0.717, 1.165) is 27.9 Å². The van der Waals surface area contributed by atoms with Crippen LogP contribution in [0.2, 0.25) is 0 Å². The zero-order valence-corrected chi connectivity index (χ0v) is 15.7. The number of benzene rings is 2. The zero-order chi connectivity index (χ0) is 19.8. The lowest BCUT2D eigenvalue weighted by molar-refractivity contribution is 0.143. The van der Waals surface area contributed by atoms with Gasteiger partial charge in [0.15, 0.2) is 0 Å². The fourth-order valence-corrected chi connectivity index (χ4v) is 3.16. The Bertz CT molecular complexity index is 895. The minimum Gasteiger partial charge on any atom is -0.465 e. The van der Waals surface area contributed by atoms with E-state index in [9.17, 15) is 9.90 Å². The number of carbonyl (C=O) groups is 1. The first-order chi connectivity index (χ1) is 13.7. The van der Waals surface area contributed by atoms with Crippen LogP contribution in [0.3, 0.4) is 0 Å². The van der Waals surface area contributed by atoms with Crippen molar-refractivity contribution in [2.75, 3.05) is 13.2 Å². The summed E-state index contributed by atoms with van der Waals surface area (Å²) in [5, 5.41) is 18.7. The molecule has 1 aromatic heterocycles. The molecule has 0 radical (unpaired) electrons. The molecule has 0 saturated carbocycles. The third-order valence-electron chi connectivity index (χ3n) is 4.68. The maximum absolute atomic E-state index is 11.8. The molecule has 2 aromatic carbocycles. The van der Waals surface area contributed by atoms with Gasteiger partial charge in [0.25, 0.3) is 0 Å². The van der Waals surface area contributed by atoms with E-state index < -0.39 is 6.09 Å². The van der Waals surface area contributed by atoms with Crippen molar-refractivity contribution in [3.8, 4) is 11.1 Å². The first-order valence-corrected chi connectivity index (χ1v) is 9.33. The Morgan fingerprint density at radius 2 is 1.68 bits per heavy atom. The summed E-state index contributed by atoms with van der Waals surface area (Å²) in [6, 6.07) is 21.5. The third-order valence-corrected chi connectivity index (χ3v) is 4.68. The monoisotopic (exact) mass is 376 g/mol. The molecule has 0 aliphatic heterocycles. The number of hydrogen-bond acceptors (Lipinski definition) is 3. The standard InChI is InChI=1S/C23H24N2O3/c26-16-13-18-8-10-19(11-9-18)22-7-2-1-5-20(22)17-25(23(27)28)15-12-21-6-3-4-14-24-21/h1-11,14,26H,12-13,15-17H2,(H,27,28). The molecule has 0 spiro atoms. The molecule has 3 aromatic rings. The van der Waals surface area contributed by atoms with Crippen LogP contribution in [0.5, 0.6) is 0 Å². The second-order valence-electron chi connectivity index (χ2n) is 6.60. The molecule has 144 valence electrons. The van der Waals surface area contributed by atoms with Crippen LogP contribution in [-0.2, 0) is 19.4 Å². The molecule has 5 heteroatoms. The summed E-state index contributed by atoms with van der Waals surface area (Å²) >= 11 is 0. The van der Waals surface area contributed by atoms with Crippen LogP contribution in [0.15, 0.2) is 72.9 Å². The molecule has 0 fully saturated rings. The third kappa shape index (κ3) is 5.18. The van der Waals surface area contributed by atoms with Crippen molar-refractivity contribution in [1.29, 1.82) is 0 Å². The van der Waals surface area contributed by atoms with Gasteiger partial charge >= 0.3 is 6.09 Å². The van der Waals surface area contributed by atoms with E-state index in [4.69, 9.17) is 5.11 Å². The summed E-state index contributed by atoms with van der Waals surface area (Å²) in [5.41, 5.74) is 4.96. The number of amides is 1. The molecule has 0 aliphatic carbocycles. The Kier molecular flexibility index (Phi) is 6.76. The number of rotatable bonds is 8. The molecule has 28 heavy (non-hydrogen) atoms. The Morgan fingerprint density at radius 3 is 2.36 bits per heavy atom. The maximum Gasteiger partial charge on any atom is 0.407 e. The average molecular weight is 376 g/mol. The van der Waals surface area contributed by atoms with Crippen molar-refractivity contribution >= 4 is 6.09 Å². The van der Waals surface area contributed by atoms with Crippen LogP contribution in [0, 0.1) is 0 Å². The maximum atomic E-state index is 11.8. The van der Waals surface area contributed by atoms with E-state index in [1.54, 1.807) is 6.20 Å². The van der Waals surface area contributed by atoms with Gasteiger partial charge in [-0.1, -0.05) is 54.6 Å². The predicted octanol–water partition coefficient (Wildman–Crippen LogP) is 4.01. The molecule has 2 N–H and O–H groups in total. The zero-order valence-electron chi connectivity index (χ0n) is 15.7. The fourth-order valence-electron chi connectivity index (χ4n) is 3.16. The number of carboxylic acid groups (broad SMARTS) is 1. The lowest BCUT2D eigenvalue weighted by Gasteiger charge is -2.21. The summed E-state index contributed by atoms with van der Waals surface area (Å²) in [4.78, 5) is 17.5. The van der Waals surface area contributed by atoms with Gasteiger partial charge in [0.2, 0.25) is 0 Å². The lowest BCUT2D eigenvalue weighted by atomic mass is 9.98. The van der Waals surface area contributed by atoms with Gasteiger partial charge < -0.3 is 15.1 Å². The molecule has 3 rings (SSSR count). The predicted molar refractivity (Wildman–Crippen MR) is 109 cm³/mol. The van der Waals surface area contributed by atoms with E-state index in [0.29, 0.717) is 25.9 Å². The van der Waals surface area contributed by atoms with Crippen LogP contribution < -0.4 is 0 Å². The van der Waals surface area contributed by atoms with Crippen LogP contribution >= 0.6 is 0 Å². The van der Waals surface area contributed by atoms with Crippen LogP contribution in [0.4, 0.5) is 4.79 Å². The minimum absolute atomic E-state index is 0.125. The Morgan fingerprint density at radius 1 is 0.929 bits per heavy atom. The molecule has 0 atom stereocenters. The van der Waals surface area contributed by atoms with Gasteiger partial charge in [-0.2, -0.15) is 0 Å². The van der Waals surface area contributed by atoms with E-state index in [-0.39, 0.29) is 6.61 Å². The van der Waals surface area contributed by atoms with Gasteiger partial charge in [-0.05, 0) is 40.8 Å². The number of aliphatic hydroxyl groups is 1. The summed E-state index contributed by atoms with van der Waals surface area (Å²) in [5.74, 6) is 0. The Hall–Kier alpha value is -3.18. The molecule has 0 aliphatic rings. The molecule has 0 bridgehead atoms. The molecule has 1 heterocycles. The summed E-state index contributed by atoms with van der Waals surface area (Å²) in [6.07, 6.45) is 1.98. The van der Waals surface area contributed by atoms with E-state index >= 15 is 0 Å². The summed E-state index contributed by atoms with van der Waals surface area (Å²) < 4.78 is 0. The highest BCUT2D eigenvalue weighted by Gasteiger charge is 2.15. The van der Waals surface area contributed by atoms with Crippen molar-refractivity contribution in [2.24, 2.45) is 0 Å². The van der Waals surface area contributed by atoms with Gasteiger partial charge in [-0.25, -0.2) is 4.79 Å². The van der Waals surface area contributed by atoms with Gasteiger partial charge in [0.1, 0.15) is 0 Å². The normalized spacial score (nSPS) is 10.6. The minimum atomic E-state index is -0.941. The molecule has 0 unspecified atom stereocenters. The fraction of sp³-hybridized carbons (Fsp3) is 0.217. The molecular formula is C23H24N2O3. The molecular weight excluding hydrogens is 352 g/mol. The van der Waals surface area contributed by atoms with Crippen molar-refractivity contribution in [3.05, 3.63) is 89.7 Å². The first kappa shape index (κ1) is 19.6. The topological polar surface area (TPSA) is 73.7 Å². The second kappa shape index (κ2) is 9.67. The first-order valence-electron chi connectivity index (χ1n) is 9.33. The van der Waals surface area contributed by atoms with E-state index in [1.165, 1.54) is 4.90 Å².